The van der Waals surface area contributed by atoms with Crippen LogP contribution in [0.1, 0.15) is 39.7 Å². The van der Waals surface area contributed by atoms with Gasteiger partial charge in [-0.05, 0) is 32.4 Å². The van der Waals surface area contributed by atoms with Crippen molar-refractivity contribution >= 4 is 17.2 Å². The van der Waals surface area contributed by atoms with E-state index in [0.29, 0.717) is 6.42 Å². The lowest BCUT2D eigenvalue weighted by Gasteiger charge is -2.42. The average molecular weight is 259 g/mol. The van der Waals surface area contributed by atoms with Crippen LogP contribution < -0.4 is 9.64 Å². The smallest absolute Gasteiger partial charge is 0.227 e. The van der Waals surface area contributed by atoms with Gasteiger partial charge in [0.15, 0.2) is 0 Å². The molecule has 19 heavy (non-hydrogen) atoms. The fraction of sp³-hybridized carbons (Fsp3) is 0.438. The van der Waals surface area contributed by atoms with Gasteiger partial charge in [-0.1, -0.05) is 25.1 Å². The van der Waals surface area contributed by atoms with Crippen molar-refractivity contribution in [2.24, 2.45) is 0 Å². The number of fused-ring (bicyclic) bond motifs is 1. The third-order valence-electron chi connectivity index (χ3n) is 3.57. The number of para-hydroxylation sites is 1. The van der Waals surface area contributed by atoms with E-state index >= 15 is 0 Å². The van der Waals surface area contributed by atoms with Gasteiger partial charge in [0.05, 0.1) is 18.3 Å². The van der Waals surface area contributed by atoms with Gasteiger partial charge in [-0.15, -0.1) is 0 Å². The van der Waals surface area contributed by atoms with E-state index < -0.39 is 0 Å². The van der Waals surface area contributed by atoms with Crippen molar-refractivity contribution in [2.75, 3.05) is 12.0 Å². The summed E-state index contributed by atoms with van der Waals surface area (Å²) < 4.78 is 5.46. The molecule has 1 aliphatic heterocycles. The first kappa shape index (κ1) is 13.7. The van der Waals surface area contributed by atoms with Gasteiger partial charge in [-0.3, -0.25) is 9.69 Å². The maximum absolute atomic E-state index is 12.4. The van der Waals surface area contributed by atoms with Crippen LogP contribution in [0.4, 0.5) is 5.69 Å². The molecule has 0 saturated heterocycles. The van der Waals surface area contributed by atoms with Gasteiger partial charge in [-0.2, -0.15) is 0 Å². The third-order valence-corrected chi connectivity index (χ3v) is 3.57. The maximum Gasteiger partial charge on any atom is 0.227 e. The molecule has 0 aromatic heterocycles. The fourth-order valence-corrected chi connectivity index (χ4v) is 2.80. The van der Waals surface area contributed by atoms with Crippen molar-refractivity contribution in [1.29, 1.82) is 0 Å². The lowest BCUT2D eigenvalue weighted by molar-refractivity contribution is -0.119. The lowest BCUT2D eigenvalue weighted by atomic mass is 9.88. The standard InChI is InChI=1S/C16H21NO2/c1-6-14(18)17-15-12(8-7-9-13(15)19-5)11(2)10-16(17,3)4/h7-10H,6H2,1-5H3. The highest BCUT2D eigenvalue weighted by molar-refractivity contribution is 6.02. The van der Waals surface area contributed by atoms with Gasteiger partial charge >= 0.3 is 0 Å². The summed E-state index contributed by atoms with van der Waals surface area (Å²) in [6.07, 6.45) is 2.62. The van der Waals surface area contributed by atoms with Gasteiger partial charge < -0.3 is 4.74 Å². The molecule has 1 aromatic carbocycles. The summed E-state index contributed by atoms with van der Waals surface area (Å²) in [6.45, 7) is 8.07. The van der Waals surface area contributed by atoms with E-state index in [0.717, 1.165) is 17.0 Å². The van der Waals surface area contributed by atoms with Crippen molar-refractivity contribution in [1.82, 2.24) is 0 Å². The molecule has 0 bridgehead atoms. The summed E-state index contributed by atoms with van der Waals surface area (Å²) in [5.41, 5.74) is 2.81. The van der Waals surface area contributed by atoms with Crippen LogP contribution in [0.15, 0.2) is 24.3 Å². The summed E-state index contributed by atoms with van der Waals surface area (Å²) in [7, 11) is 1.64. The van der Waals surface area contributed by atoms with Crippen molar-refractivity contribution in [3.63, 3.8) is 0 Å². The minimum absolute atomic E-state index is 0.111. The SMILES string of the molecule is CCC(=O)N1c2c(OC)cccc2C(C)=CC1(C)C. The predicted octanol–water partition coefficient (Wildman–Crippen LogP) is 3.63. The van der Waals surface area contributed by atoms with Crippen molar-refractivity contribution in [3.05, 3.63) is 29.8 Å². The monoisotopic (exact) mass is 259 g/mol. The molecule has 0 N–H and O–H groups in total. The van der Waals surface area contributed by atoms with Crippen LogP contribution in [-0.4, -0.2) is 18.6 Å². The van der Waals surface area contributed by atoms with Gasteiger partial charge in [0.2, 0.25) is 5.91 Å². The Morgan fingerprint density at radius 1 is 1.37 bits per heavy atom. The van der Waals surface area contributed by atoms with Crippen molar-refractivity contribution in [3.8, 4) is 5.75 Å². The van der Waals surface area contributed by atoms with Crippen LogP contribution in [-0.2, 0) is 4.79 Å². The molecule has 0 atom stereocenters. The van der Waals surface area contributed by atoms with Crippen LogP contribution in [0.25, 0.3) is 5.57 Å². The predicted molar refractivity (Wildman–Crippen MR) is 78.5 cm³/mol. The first-order valence-electron chi connectivity index (χ1n) is 6.62. The maximum atomic E-state index is 12.4. The Hall–Kier alpha value is -1.77. The molecule has 0 aliphatic carbocycles. The third kappa shape index (κ3) is 2.14. The number of hydrogen-bond donors (Lipinski definition) is 0. The number of methoxy groups -OCH3 is 1. The Bertz CT molecular complexity index is 544. The van der Waals surface area contributed by atoms with Crippen LogP contribution in [0.2, 0.25) is 0 Å². The Labute approximate surface area is 114 Å². The molecule has 0 saturated carbocycles. The number of benzene rings is 1. The summed E-state index contributed by atoms with van der Waals surface area (Å²) in [4.78, 5) is 14.2. The van der Waals surface area contributed by atoms with E-state index in [1.807, 2.05) is 30.0 Å². The summed E-state index contributed by atoms with van der Waals surface area (Å²) in [5, 5.41) is 0. The minimum atomic E-state index is -0.335. The Morgan fingerprint density at radius 3 is 2.63 bits per heavy atom. The first-order valence-corrected chi connectivity index (χ1v) is 6.62. The number of allylic oxidation sites excluding steroid dienone is 1. The quantitative estimate of drug-likeness (QED) is 0.811. The van der Waals surface area contributed by atoms with Crippen molar-refractivity contribution in [2.45, 2.75) is 39.7 Å². The van der Waals surface area contributed by atoms with E-state index in [1.165, 1.54) is 5.57 Å². The molecule has 0 unspecified atom stereocenters. The normalized spacial score (nSPS) is 16.7. The van der Waals surface area contributed by atoms with Gasteiger partial charge in [0, 0.05) is 12.0 Å². The number of carbonyl (C=O) groups is 1. The highest BCUT2D eigenvalue weighted by Gasteiger charge is 2.36. The molecule has 2 rings (SSSR count). The average Bonchev–Trinajstić information content (AvgIpc) is 2.36. The number of hydrogen-bond acceptors (Lipinski definition) is 2. The molecule has 1 aromatic rings. The van der Waals surface area contributed by atoms with Crippen molar-refractivity contribution < 1.29 is 9.53 Å². The molecule has 102 valence electrons. The molecule has 1 amide bonds. The lowest BCUT2D eigenvalue weighted by Crippen LogP contribution is -2.48. The Morgan fingerprint density at radius 2 is 2.05 bits per heavy atom. The molecule has 3 nitrogen and oxygen atoms in total. The molecule has 1 aliphatic rings. The van der Waals surface area contributed by atoms with Crippen LogP contribution in [0.3, 0.4) is 0 Å². The van der Waals surface area contributed by atoms with E-state index in [2.05, 4.69) is 26.8 Å². The van der Waals surface area contributed by atoms with E-state index in [4.69, 9.17) is 4.74 Å². The largest absolute Gasteiger partial charge is 0.495 e. The zero-order valence-corrected chi connectivity index (χ0v) is 12.3. The number of nitrogens with zero attached hydrogens (tertiary/aromatic N) is 1. The topological polar surface area (TPSA) is 29.5 Å². The molecule has 1 heterocycles. The molecule has 0 fully saturated rings. The number of carbonyl (C=O) groups excluding carboxylic acids is 1. The minimum Gasteiger partial charge on any atom is -0.495 e. The molecule has 0 spiro atoms. The second-order valence-electron chi connectivity index (χ2n) is 5.42. The zero-order valence-electron chi connectivity index (χ0n) is 12.3. The highest BCUT2D eigenvalue weighted by Crippen LogP contribution is 2.44. The van der Waals surface area contributed by atoms with Crippen LogP contribution in [0.5, 0.6) is 5.75 Å². The highest BCUT2D eigenvalue weighted by atomic mass is 16.5. The Kier molecular flexibility index (Phi) is 3.40. The number of ether oxygens (including phenoxy) is 1. The van der Waals surface area contributed by atoms with Gasteiger partial charge in [0.25, 0.3) is 0 Å². The summed E-state index contributed by atoms with van der Waals surface area (Å²) >= 11 is 0. The molecular weight excluding hydrogens is 238 g/mol. The molecule has 3 heteroatoms. The van der Waals surface area contributed by atoms with E-state index in [-0.39, 0.29) is 11.4 Å². The van der Waals surface area contributed by atoms with Crippen LogP contribution in [0, 0.1) is 0 Å². The zero-order chi connectivity index (χ0) is 14.2. The summed E-state index contributed by atoms with van der Waals surface area (Å²) in [5.74, 6) is 0.860. The Balaban J connectivity index is 2.72. The fourth-order valence-electron chi connectivity index (χ4n) is 2.80. The van der Waals surface area contributed by atoms with Crippen LogP contribution >= 0.6 is 0 Å². The van der Waals surface area contributed by atoms with Gasteiger partial charge in [-0.25, -0.2) is 0 Å². The van der Waals surface area contributed by atoms with Gasteiger partial charge in [0.1, 0.15) is 5.75 Å². The van der Waals surface area contributed by atoms with E-state index in [9.17, 15) is 4.79 Å². The number of anilines is 1. The molecular formula is C16H21NO2. The number of amides is 1. The second kappa shape index (κ2) is 4.72. The second-order valence-corrected chi connectivity index (χ2v) is 5.42. The summed E-state index contributed by atoms with van der Waals surface area (Å²) in [6, 6.07) is 5.90. The number of rotatable bonds is 2. The van der Waals surface area contributed by atoms with E-state index in [1.54, 1.807) is 7.11 Å². The molecule has 0 radical (unpaired) electrons. The first-order chi connectivity index (χ1) is 8.92.